The number of nitrogens with one attached hydrogen (secondary N) is 2. The number of amides is 1. The van der Waals surface area contributed by atoms with Crippen LogP contribution in [-0.2, 0) is 20.7 Å². The Morgan fingerprint density at radius 1 is 1.03 bits per heavy atom. The van der Waals surface area contributed by atoms with Gasteiger partial charge in [-0.15, -0.1) is 0 Å². The lowest BCUT2D eigenvalue weighted by atomic mass is 10.1. The second kappa shape index (κ2) is 8.82. The summed E-state index contributed by atoms with van der Waals surface area (Å²) in [6.45, 7) is 1.89. The summed E-state index contributed by atoms with van der Waals surface area (Å²) in [7, 11) is 0. The monoisotopic (exact) mass is 391 g/mol. The predicted molar refractivity (Wildman–Crippen MR) is 114 cm³/mol. The van der Waals surface area contributed by atoms with E-state index in [1.165, 1.54) is 18.5 Å². The zero-order valence-corrected chi connectivity index (χ0v) is 16.3. The van der Waals surface area contributed by atoms with Gasteiger partial charge in [-0.2, -0.15) is 0 Å². The molecule has 150 valence electrons. The second-order valence-corrected chi connectivity index (χ2v) is 7.31. The highest BCUT2D eigenvalue weighted by molar-refractivity contribution is 5.93. The molecule has 0 atom stereocenters. The van der Waals surface area contributed by atoms with Crippen molar-refractivity contribution in [3.63, 3.8) is 0 Å². The van der Waals surface area contributed by atoms with Gasteiger partial charge in [0.05, 0.1) is 0 Å². The van der Waals surface area contributed by atoms with Crippen LogP contribution in [0.25, 0.3) is 10.9 Å². The molecular weight excluding hydrogens is 366 g/mol. The number of benzene rings is 2. The van der Waals surface area contributed by atoms with Gasteiger partial charge in [0.15, 0.2) is 6.61 Å². The molecule has 6 heteroatoms. The molecule has 1 amide bonds. The Balaban J connectivity index is 1.21. The highest BCUT2D eigenvalue weighted by atomic mass is 16.5. The molecule has 1 fully saturated rings. The zero-order chi connectivity index (χ0) is 20.1. The molecule has 2 N–H and O–H groups in total. The minimum atomic E-state index is -0.380. The maximum atomic E-state index is 12.1. The van der Waals surface area contributed by atoms with E-state index in [9.17, 15) is 9.59 Å². The van der Waals surface area contributed by atoms with E-state index in [4.69, 9.17) is 4.74 Å². The summed E-state index contributed by atoms with van der Waals surface area (Å²) < 4.78 is 5.12. The van der Waals surface area contributed by atoms with Crippen molar-refractivity contribution >= 4 is 34.2 Å². The predicted octanol–water partition coefficient (Wildman–Crippen LogP) is 3.88. The number of esters is 1. The number of hydrogen-bond donors (Lipinski definition) is 2. The van der Waals surface area contributed by atoms with Gasteiger partial charge in [0.25, 0.3) is 5.91 Å². The summed E-state index contributed by atoms with van der Waals surface area (Å²) in [6, 6.07) is 15.7. The third kappa shape index (κ3) is 4.77. The molecule has 1 aliphatic heterocycles. The highest BCUT2D eigenvalue weighted by Gasteiger charge is 2.13. The summed E-state index contributed by atoms with van der Waals surface area (Å²) >= 11 is 0. The summed E-state index contributed by atoms with van der Waals surface area (Å²) in [5.74, 6) is -0.714. The third-order valence-corrected chi connectivity index (χ3v) is 5.26. The lowest BCUT2D eigenvalue weighted by Gasteiger charge is -2.17. The number of aromatic nitrogens is 1. The largest absolute Gasteiger partial charge is 0.456 e. The molecule has 0 saturated carbocycles. The Labute approximate surface area is 169 Å². The van der Waals surface area contributed by atoms with Crippen molar-refractivity contribution in [1.29, 1.82) is 0 Å². The molecule has 1 saturated heterocycles. The van der Waals surface area contributed by atoms with Gasteiger partial charge in [0.1, 0.15) is 0 Å². The first-order valence-electron chi connectivity index (χ1n) is 10.0. The first-order valence-corrected chi connectivity index (χ1v) is 10.0. The molecule has 0 radical (unpaired) electrons. The van der Waals surface area contributed by atoms with Gasteiger partial charge in [0, 0.05) is 48.0 Å². The molecule has 3 aromatic rings. The third-order valence-electron chi connectivity index (χ3n) is 5.26. The maximum Gasteiger partial charge on any atom is 0.306 e. The molecule has 29 heavy (non-hydrogen) atoms. The number of anilines is 2. The standard InChI is InChI=1S/C23H25N3O3/c27-22(25-18-8-10-19(11-9-18)26-13-3-4-14-26)16-29-23(28)12-7-17-15-24-21-6-2-1-5-20(17)21/h1-2,5-6,8-11,15,24H,3-4,7,12-14,16H2,(H,25,27). The van der Waals surface area contributed by atoms with Gasteiger partial charge >= 0.3 is 5.97 Å². The van der Waals surface area contributed by atoms with Gasteiger partial charge < -0.3 is 19.9 Å². The normalized spacial score (nSPS) is 13.6. The van der Waals surface area contributed by atoms with Crippen LogP contribution in [0.1, 0.15) is 24.8 Å². The van der Waals surface area contributed by atoms with Crippen molar-refractivity contribution in [3.8, 4) is 0 Å². The molecule has 0 bridgehead atoms. The number of rotatable bonds is 7. The number of fused-ring (bicyclic) bond motifs is 1. The average molecular weight is 391 g/mol. The van der Waals surface area contributed by atoms with Crippen molar-refractivity contribution < 1.29 is 14.3 Å². The van der Waals surface area contributed by atoms with Gasteiger partial charge in [0.2, 0.25) is 0 Å². The van der Waals surface area contributed by atoms with Crippen LogP contribution in [-0.4, -0.2) is 36.6 Å². The Morgan fingerprint density at radius 3 is 2.59 bits per heavy atom. The van der Waals surface area contributed by atoms with Crippen LogP contribution >= 0.6 is 0 Å². The number of aromatic amines is 1. The molecule has 2 heterocycles. The van der Waals surface area contributed by atoms with Crippen LogP contribution in [0.2, 0.25) is 0 Å². The van der Waals surface area contributed by atoms with Crippen molar-refractivity contribution in [2.45, 2.75) is 25.7 Å². The van der Waals surface area contributed by atoms with Gasteiger partial charge in [-0.25, -0.2) is 0 Å². The number of aryl methyl sites for hydroxylation is 1. The number of para-hydroxylation sites is 1. The topological polar surface area (TPSA) is 74.4 Å². The maximum absolute atomic E-state index is 12.1. The fourth-order valence-corrected chi connectivity index (χ4v) is 3.72. The Kier molecular flexibility index (Phi) is 5.79. The van der Waals surface area contributed by atoms with E-state index in [1.54, 1.807) is 0 Å². The van der Waals surface area contributed by atoms with Crippen molar-refractivity contribution in [1.82, 2.24) is 4.98 Å². The minimum Gasteiger partial charge on any atom is -0.456 e. The summed E-state index contributed by atoms with van der Waals surface area (Å²) in [6.07, 6.45) is 5.17. The smallest absolute Gasteiger partial charge is 0.306 e. The van der Waals surface area contributed by atoms with Crippen molar-refractivity contribution in [2.24, 2.45) is 0 Å². The van der Waals surface area contributed by atoms with Crippen LogP contribution < -0.4 is 10.2 Å². The molecule has 0 aliphatic carbocycles. The van der Waals surface area contributed by atoms with E-state index in [2.05, 4.69) is 15.2 Å². The van der Waals surface area contributed by atoms with Crippen molar-refractivity contribution in [2.75, 3.05) is 29.9 Å². The summed E-state index contributed by atoms with van der Waals surface area (Å²) in [4.78, 5) is 29.6. The molecule has 0 spiro atoms. The molecule has 4 rings (SSSR count). The average Bonchev–Trinajstić information content (AvgIpc) is 3.41. The number of nitrogens with zero attached hydrogens (tertiary/aromatic N) is 1. The fourth-order valence-electron chi connectivity index (χ4n) is 3.72. The first kappa shape index (κ1) is 19.1. The number of ether oxygens (including phenoxy) is 1. The Bertz CT molecular complexity index is 988. The number of H-pyrrole nitrogens is 1. The molecule has 1 aliphatic rings. The first-order chi connectivity index (χ1) is 14.2. The van der Waals surface area contributed by atoms with Gasteiger partial charge in [-0.3, -0.25) is 9.59 Å². The van der Waals surface area contributed by atoms with Crippen LogP contribution in [0.5, 0.6) is 0 Å². The van der Waals surface area contributed by atoms with Crippen LogP contribution in [0.3, 0.4) is 0 Å². The second-order valence-electron chi connectivity index (χ2n) is 7.31. The van der Waals surface area contributed by atoms with Crippen LogP contribution in [0.4, 0.5) is 11.4 Å². The minimum absolute atomic E-state index is 0.236. The lowest BCUT2D eigenvalue weighted by Crippen LogP contribution is -2.21. The highest BCUT2D eigenvalue weighted by Crippen LogP contribution is 2.22. The summed E-state index contributed by atoms with van der Waals surface area (Å²) in [5.41, 5.74) is 3.99. The summed E-state index contributed by atoms with van der Waals surface area (Å²) in [5, 5.41) is 3.88. The number of hydrogen-bond acceptors (Lipinski definition) is 4. The van der Waals surface area contributed by atoms with Gasteiger partial charge in [-0.1, -0.05) is 18.2 Å². The van der Waals surface area contributed by atoms with Crippen LogP contribution in [0, 0.1) is 0 Å². The molecule has 2 aromatic carbocycles. The quantitative estimate of drug-likeness (QED) is 0.600. The molecular formula is C23H25N3O3. The van der Waals surface area contributed by atoms with E-state index < -0.39 is 0 Å². The van der Waals surface area contributed by atoms with Crippen molar-refractivity contribution in [3.05, 3.63) is 60.3 Å². The lowest BCUT2D eigenvalue weighted by molar-refractivity contribution is -0.147. The van der Waals surface area contributed by atoms with E-state index in [-0.39, 0.29) is 24.9 Å². The van der Waals surface area contributed by atoms with E-state index in [1.807, 2.05) is 54.7 Å². The number of carbonyl (C=O) groups excluding carboxylic acids is 2. The Morgan fingerprint density at radius 2 is 1.79 bits per heavy atom. The van der Waals surface area contributed by atoms with E-state index >= 15 is 0 Å². The zero-order valence-electron chi connectivity index (χ0n) is 16.3. The molecule has 0 unspecified atom stereocenters. The number of carbonyl (C=O) groups is 2. The fraction of sp³-hybridized carbons (Fsp3) is 0.304. The van der Waals surface area contributed by atoms with Crippen LogP contribution in [0.15, 0.2) is 54.7 Å². The SMILES string of the molecule is O=C(COC(=O)CCc1c[nH]c2ccccc12)Nc1ccc(N2CCCC2)cc1. The van der Waals surface area contributed by atoms with E-state index in [0.29, 0.717) is 12.1 Å². The van der Waals surface area contributed by atoms with Gasteiger partial charge in [-0.05, 0) is 55.2 Å². The van der Waals surface area contributed by atoms with E-state index in [0.717, 1.165) is 29.6 Å². The Hall–Kier alpha value is -3.28. The molecule has 1 aromatic heterocycles. The molecule has 6 nitrogen and oxygen atoms in total.